The normalized spacial score (nSPS) is 20.0. The molecule has 0 saturated carbocycles. The number of hydrogen-bond donors (Lipinski definition) is 1. The second-order valence-corrected chi connectivity index (χ2v) is 4.43. The first-order valence-electron chi connectivity index (χ1n) is 5.48. The average molecular weight is 242 g/mol. The average Bonchev–Trinajstić information content (AvgIpc) is 2.79. The van der Waals surface area contributed by atoms with E-state index in [1.54, 1.807) is 0 Å². The summed E-state index contributed by atoms with van der Waals surface area (Å²) in [7, 11) is 0. The SMILES string of the molecule is NCc1ccc(Cl)cc1OCC1CCOC1. The molecule has 0 amide bonds. The van der Waals surface area contributed by atoms with Gasteiger partial charge in [-0.15, -0.1) is 0 Å². The van der Waals surface area contributed by atoms with Gasteiger partial charge in [-0.05, 0) is 18.6 Å². The van der Waals surface area contributed by atoms with Crippen molar-refractivity contribution in [2.75, 3.05) is 19.8 Å². The van der Waals surface area contributed by atoms with Crippen LogP contribution >= 0.6 is 11.6 Å². The quantitative estimate of drug-likeness (QED) is 0.879. The van der Waals surface area contributed by atoms with Crippen LogP contribution in [-0.2, 0) is 11.3 Å². The highest BCUT2D eigenvalue weighted by Crippen LogP contribution is 2.24. The Bertz CT molecular complexity index is 351. The molecule has 1 aliphatic rings. The largest absolute Gasteiger partial charge is 0.493 e. The van der Waals surface area contributed by atoms with E-state index in [4.69, 9.17) is 26.8 Å². The number of benzene rings is 1. The summed E-state index contributed by atoms with van der Waals surface area (Å²) in [6.45, 7) is 2.77. The van der Waals surface area contributed by atoms with Crippen molar-refractivity contribution in [1.29, 1.82) is 0 Å². The number of halogens is 1. The third-order valence-electron chi connectivity index (χ3n) is 2.75. The molecule has 2 rings (SSSR count). The number of nitrogens with two attached hydrogens (primary N) is 1. The zero-order chi connectivity index (χ0) is 11.4. The van der Waals surface area contributed by atoms with Crippen LogP contribution in [0.2, 0.25) is 5.02 Å². The van der Waals surface area contributed by atoms with Crippen molar-refractivity contribution in [2.45, 2.75) is 13.0 Å². The van der Waals surface area contributed by atoms with Gasteiger partial charge >= 0.3 is 0 Å². The third-order valence-corrected chi connectivity index (χ3v) is 2.98. The smallest absolute Gasteiger partial charge is 0.125 e. The summed E-state index contributed by atoms with van der Waals surface area (Å²) in [6.07, 6.45) is 1.07. The van der Waals surface area contributed by atoms with Gasteiger partial charge in [0.15, 0.2) is 0 Å². The van der Waals surface area contributed by atoms with Gasteiger partial charge in [-0.2, -0.15) is 0 Å². The molecule has 1 unspecified atom stereocenters. The zero-order valence-electron chi connectivity index (χ0n) is 9.12. The van der Waals surface area contributed by atoms with Gasteiger partial charge in [-0.25, -0.2) is 0 Å². The Morgan fingerprint density at radius 1 is 1.50 bits per heavy atom. The zero-order valence-corrected chi connectivity index (χ0v) is 9.87. The van der Waals surface area contributed by atoms with Crippen LogP contribution in [0.4, 0.5) is 0 Å². The Hall–Kier alpha value is -0.770. The van der Waals surface area contributed by atoms with Crippen molar-refractivity contribution >= 4 is 11.6 Å². The molecule has 1 fully saturated rings. The summed E-state index contributed by atoms with van der Waals surface area (Å²) in [5, 5.41) is 0.676. The van der Waals surface area contributed by atoms with Crippen LogP contribution in [-0.4, -0.2) is 19.8 Å². The molecule has 1 aromatic rings. The summed E-state index contributed by atoms with van der Waals surface area (Å²) in [5.74, 6) is 1.28. The van der Waals surface area contributed by atoms with Crippen molar-refractivity contribution in [3.63, 3.8) is 0 Å². The molecule has 1 heterocycles. The van der Waals surface area contributed by atoms with Crippen molar-refractivity contribution in [1.82, 2.24) is 0 Å². The highest BCUT2D eigenvalue weighted by Gasteiger charge is 2.16. The molecule has 1 aliphatic heterocycles. The van der Waals surface area contributed by atoms with Crippen LogP contribution in [0.15, 0.2) is 18.2 Å². The molecule has 1 aromatic carbocycles. The van der Waals surface area contributed by atoms with Crippen LogP contribution < -0.4 is 10.5 Å². The van der Waals surface area contributed by atoms with Gasteiger partial charge in [0.1, 0.15) is 5.75 Å². The Balaban J connectivity index is 1.98. The first-order valence-corrected chi connectivity index (χ1v) is 5.86. The summed E-state index contributed by atoms with van der Waals surface area (Å²) in [5.41, 5.74) is 6.63. The maximum Gasteiger partial charge on any atom is 0.125 e. The molecule has 2 N–H and O–H groups in total. The maximum atomic E-state index is 5.92. The lowest BCUT2D eigenvalue weighted by atomic mass is 10.1. The molecule has 0 aromatic heterocycles. The Morgan fingerprint density at radius 3 is 3.06 bits per heavy atom. The lowest BCUT2D eigenvalue weighted by molar-refractivity contribution is 0.167. The molecule has 1 saturated heterocycles. The van der Waals surface area contributed by atoms with Crippen LogP contribution in [0.25, 0.3) is 0 Å². The number of hydrogen-bond acceptors (Lipinski definition) is 3. The van der Waals surface area contributed by atoms with Gasteiger partial charge in [0.25, 0.3) is 0 Å². The monoisotopic (exact) mass is 241 g/mol. The predicted molar refractivity (Wildman–Crippen MR) is 63.8 cm³/mol. The fraction of sp³-hybridized carbons (Fsp3) is 0.500. The van der Waals surface area contributed by atoms with E-state index in [0.717, 1.165) is 30.9 Å². The molecule has 1 atom stereocenters. The molecule has 0 bridgehead atoms. The fourth-order valence-electron chi connectivity index (χ4n) is 1.75. The lowest BCUT2D eigenvalue weighted by Crippen LogP contribution is -2.13. The van der Waals surface area contributed by atoms with Crippen LogP contribution in [0.1, 0.15) is 12.0 Å². The van der Waals surface area contributed by atoms with E-state index in [9.17, 15) is 0 Å². The molecule has 3 nitrogen and oxygen atoms in total. The predicted octanol–water partition coefficient (Wildman–Crippen LogP) is 2.21. The minimum atomic E-state index is 0.466. The Kier molecular flexibility index (Phi) is 4.04. The molecule has 0 spiro atoms. The summed E-state index contributed by atoms with van der Waals surface area (Å²) in [4.78, 5) is 0. The number of ether oxygens (including phenoxy) is 2. The van der Waals surface area contributed by atoms with E-state index in [0.29, 0.717) is 24.1 Å². The maximum absolute atomic E-state index is 5.92. The Morgan fingerprint density at radius 2 is 2.38 bits per heavy atom. The standard InChI is InChI=1S/C12H16ClNO2/c13-11-2-1-10(6-14)12(5-11)16-8-9-3-4-15-7-9/h1-2,5,9H,3-4,6-8,14H2. The highest BCUT2D eigenvalue weighted by atomic mass is 35.5. The van der Waals surface area contributed by atoms with Gasteiger partial charge in [0.05, 0.1) is 13.2 Å². The topological polar surface area (TPSA) is 44.5 Å². The highest BCUT2D eigenvalue weighted by molar-refractivity contribution is 6.30. The van der Waals surface area contributed by atoms with Crippen molar-refractivity contribution in [3.05, 3.63) is 28.8 Å². The van der Waals surface area contributed by atoms with E-state index < -0.39 is 0 Å². The van der Waals surface area contributed by atoms with Crippen LogP contribution in [0.5, 0.6) is 5.75 Å². The molecule has 16 heavy (non-hydrogen) atoms. The van der Waals surface area contributed by atoms with Crippen LogP contribution in [0.3, 0.4) is 0 Å². The Labute approximate surface area is 100 Å². The van der Waals surface area contributed by atoms with Gasteiger partial charge in [-0.1, -0.05) is 17.7 Å². The van der Waals surface area contributed by atoms with E-state index in [2.05, 4.69) is 0 Å². The lowest BCUT2D eigenvalue weighted by Gasteiger charge is -2.13. The summed E-state index contributed by atoms with van der Waals surface area (Å²) in [6, 6.07) is 5.55. The molecule has 0 radical (unpaired) electrons. The second kappa shape index (κ2) is 5.53. The van der Waals surface area contributed by atoms with E-state index in [1.807, 2.05) is 18.2 Å². The molecular weight excluding hydrogens is 226 g/mol. The molecular formula is C12H16ClNO2. The summed E-state index contributed by atoms with van der Waals surface area (Å²) >= 11 is 5.92. The van der Waals surface area contributed by atoms with Crippen molar-refractivity contribution in [2.24, 2.45) is 11.7 Å². The second-order valence-electron chi connectivity index (χ2n) is 4.00. The van der Waals surface area contributed by atoms with Gasteiger partial charge < -0.3 is 15.2 Å². The molecule has 0 aliphatic carbocycles. The van der Waals surface area contributed by atoms with Gasteiger partial charge in [-0.3, -0.25) is 0 Å². The van der Waals surface area contributed by atoms with E-state index in [-0.39, 0.29) is 0 Å². The first kappa shape index (κ1) is 11.7. The number of rotatable bonds is 4. The molecule has 4 heteroatoms. The minimum absolute atomic E-state index is 0.466. The van der Waals surface area contributed by atoms with E-state index in [1.165, 1.54) is 0 Å². The van der Waals surface area contributed by atoms with E-state index >= 15 is 0 Å². The minimum Gasteiger partial charge on any atom is -0.493 e. The third kappa shape index (κ3) is 2.88. The fourth-order valence-corrected chi connectivity index (χ4v) is 1.92. The van der Waals surface area contributed by atoms with Gasteiger partial charge in [0.2, 0.25) is 0 Å². The van der Waals surface area contributed by atoms with Crippen LogP contribution in [0, 0.1) is 5.92 Å². The van der Waals surface area contributed by atoms with Crippen molar-refractivity contribution in [3.8, 4) is 5.75 Å². The molecule has 88 valence electrons. The summed E-state index contributed by atoms with van der Waals surface area (Å²) < 4.78 is 11.0. The van der Waals surface area contributed by atoms with Gasteiger partial charge in [0, 0.05) is 29.7 Å². The first-order chi connectivity index (χ1) is 7.79. The van der Waals surface area contributed by atoms with Crippen molar-refractivity contribution < 1.29 is 9.47 Å².